The molecule has 2 heterocycles. The lowest BCUT2D eigenvalue weighted by atomic mass is 10.2. The molecule has 0 amide bonds. The van der Waals surface area contributed by atoms with Gasteiger partial charge in [-0.05, 0) is 18.2 Å². The van der Waals surface area contributed by atoms with E-state index in [1.54, 1.807) is 12.1 Å². The summed E-state index contributed by atoms with van der Waals surface area (Å²) in [6.45, 7) is 0.232. The van der Waals surface area contributed by atoms with Crippen LogP contribution in [0.25, 0.3) is 6.08 Å². The van der Waals surface area contributed by atoms with Crippen LogP contribution in [0.1, 0.15) is 5.56 Å². The second kappa shape index (κ2) is 4.49. The van der Waals surface area contributed by atoms with Crippen LogP contribution in [-0.2, 0) is 0 Å². The van der Waals surface area contributed by atoms with E-state index in [-0.39, 0.29) is 6.61 Å². The number of aromatic nitrogens is 2. The lowest BCUT2D eigenvalue weighted by molar-refractivity contribution is 0.235. The van der Waals surface area contributed by atoms with Gasteiger partial charge in [0.15, 0.2) is 11.5 Å². The van der Waals surface area contributed by atoms with Gasteiger partial charge in [0.25, 0.3) is 5.56 Å². The lowest BCUT2D eigenvalue weighted by Gasteiger charge is -2.20. The van der Waals surface area contributed by atoms with Crippen LogP contribution in [0.2, 0.25) is 0 Å². The summed E-state index contributed by atoms with van der Waals surface area (Å²) in [5, 5.41) is 0. The zero-order chi connectivity index (χ0) is 13.2. The minimum absolute atomic E-state index is 0.232. The molecule has 0 saturated carbocycles. The molecule has 96 valence electrons. The van der Waals surface area contributed by atoms with Gasteiger partial charge in [-0.2, -0.15) is 0 Å². The summed E-state index contributed by atoms with van der Waals surface area (Å²) in [7, 11) is 0. The van der Waals surface area contributed by atoms with Crippen molar-refractivity contribution in [2.24, 2.45) is 0 Å². The van der Waals surface area contributed by atoms with E-state index in [0.29, 0.717) is 22.8 Å². The van der Waals surface area contributed by atoms with Crippen molar-refractivity contribution in [3.8, 4) is 11.5 Å². The van der Waals surface area contributed by atoms with Gasteiger partial charge in [0.1, 0.15) is 12.4 Å². The average Bonchev–Trinajstić information content (AvgIpc) is 2.42. The lowest BCUT2D eigenvalue weighted by Crippen LogP contribution is -2.23. The SMILES string of the molecule is O=c1[nH]cc(/C=C2/COc3ccccc3O2)c(=O)[nH]1. The van der Waals surface area contributed by atoms with Gasteiger partial charge in [-0.15, -0.1) is 0 Å². The number of aromatic amines is 2. The zero-order valence-corrected chi connectivity index (χ0v) is 9.80. The second-order valence-electron chi connectivity index (χ2n) is 3.98. The molecule has 6 heteroatoms. The fourth-order valence-electron chi connectivity index (χ4n) is 1.75. The van der Waals surface area contributed by atoms with Crippen LogP contribution >= 0.6 is 0 Å². The molecular weight excluding hydrogens is 248 g/mol. The standard InChI is InChI=1S/C13H10N2O4/c16-12-8(6-14-13(17)15-12)5-9-7-18-10-3-1-2-4-11(10)19-9/h1-6H,7H2,(H2,14,15,16,17)/b9-5-. The quantitative estimate of drug-likeness (QED) is 0.795. The van der Waals surface area contributed by atoms with Gasteiger partial charge < -0.3 is 14.5 Å². The van der Waals surface area contributed by atoms with E-state index < -0.39 is 11.2 Å². The van der Waals surface area contributed by atoms with Crippen molar-refractivity contribution in [1.82, 2.24) is 9.97 Å². The molecule has 0 unspecified atom stereocenters. The summed E-state index contributed by atoms with van der Waals surface area (Å²) in [5.74, 6) is 1.76. The molecule has 1 aromatic carbocycles. The first kappa shape index (κ1) is 11.3. The number of fused-ring (bicyclic) bond motifs is 1. The Labute approximate surface area is 107 Å². The number of rotatable bonds is 1. The molecule has 2 N–H and O–H groups in total. The molecular formula is C13H10N2O4. The average molecular weight is 258 g/mol. The van der Waals surface area contributed by atoms with Crippen LogP contribution in [0.5, 0.6) is 11.5 Å². The predicted molar refractivity (Wildman–Crippen MR) is 68.2 cm³/mol. The summed E-state index contributed by atoms with van der Waals surface area (Å²) in [5.41, 5.74) is -0.713. The highest BCUT2D eigenvalue weighted by Crippen LogP contribution is 2.32. The molecule has 1 aliphatic rings. The fourth-order valence-corrected chi connectivity index (χ4v) is 1.75. The first-order valence-electron chi connectivity index (χ1n) is 5.64. The molecule has 0 atom stereocenters. The third-order valence-corrected chi connectivity index (χ3v) is 2.62. The number of H-pyrrole nitrogens is 2. The van der Waals surface area contributed by atoms with Crippen LogP contribution in [0, 0.1) is 0 Å². The Hall–Kier alpha value is -2.76. The van der Waals surface area contributed by atoms with Crippen molar-refractivity contribution >= 4 is 6.08 Å². The van der Waals surface area contributed by atoms with Crippen LogP contribution < -0.4 is 20.7 Å². The highest BCUT2D eigenvalue weighted by Gasteiger charge is 2.15. The Morgan fingerprint density at radius 3 is 2.74 bits per heavy atom. The molecule has 19 heavy (non-hydrogen) atoms. The van der Waals surface area contributed by atoms with E-state index in [1.807, 2.05) is 12.1 Å². The number of para-hydroxylation sites is 2. The molecule has 0 aliphatic carbocycles. The van der Waals surface area contributed by atoms with Crippen molar-refractivity contribution in [2.45, 2.75) is 0 Å². The van der Waals surface area contributed by atoms with Crippen LogP contribution in [0.15, 0.2) is 45.8 Å². The second-order valence-corrected chi connectivity index (χ2v) is 3.98. The molecule has 2 aromatic rings. The van der Waals surface area contributed by atoms with Crippen LogP contribution in [0.4, 0.5) is 0 Å². The maximum atomic E-state index is 11.5. The number of nitrogens with one attached hydrogen (secondary N) is 2. The summed E-state index contributed by atoms with van der Waals surface area (Å²) in [6, 6.07) is 7.26. The van der Waals surface area contributed by atoms with Crippen molar-refractivity contribution in [2.75, 3.05) is 6.61 Å². The van der Waals surface area contributed by atoms with E-state index in [1.165, 1.54) is 12.3 Å². The summed E-state index contributed by atoms with van der Waals surface area (Å²) >= 11 is 0. The topological polar surface area (TPSA) is 84.2 Å². The highest BCUT2D eigenvalue weighted by molar-refractivity contribution is 5.52. The summed E-state index contributed by atoms with van der Waals surface area (Å²) in [4.78, 5) is 27.0. The minimum Gasteiger partial charge on any atom is -0.482 e. The van der Waals surface area contributed by atoms with Crippen molar-refractivity contribution in [1.29, 1.82) is 0 Å². The molecule has 0 saturated heterocycles. The Balaban J connectivity index is 1.94. The molecule has 6 nitrogen and oxygen atoms in total. The monoisotopic (exact) mass is 258 g/mol. The summed E-state index contributed by atoms with van der Waals surface area (Å²) < 4.78 is 11.1. The van der Waals surface area contributed by atoms with E-state index in [2.05, 4.69) is 9.97 Å². The van der Waals surface area contributed by atoms with Gasteiger partial charge in [-0.3, -0.25) is 9.78 Å². The fraction of sp³-hybridized carbons (Fsp3) is 0.0769. The van der Waals surface area contributed by atoms with Crippen molar-refractivity contribution in [3.63, 3.8) is 0 Å². The van der Waals surface area contributed by atoms with Crippen molar-refractivity contribution in [3.05, 3.63) is 62.6 Å². The first-order valence-corrected chi connectivity index (χ1v) is 5.64. The molecule has 1 aliphatic heterocycles. The van der Waals surface area contributed by atoms with Gasteiger partial charge in [0.05, 0.1) is 5.56 Å². The van der Waals surface area contributed by atoms with Gasteiger partial charge >= 0.3 is 5.69 Å². The predicted octanol–water partition coefficient (Wildman–Crippen LogP) is 0.875. The number of benzene rings is 1. The molecule has 0 fully saturated rings. The number of ether oxygens (including phenoxy) is 2. The molecule has 1 aromatic heterocycles. The van der Waals surface area contributed by atoms with E-state index in [9.17, 15) is 9.59 Å². The Morgan fingerprint density at radius 2 is 1.95 bits per heavy atom. The third-order valence-electron chi connectivity index (χ3n) is 2.62. The number of hydrogen-bond acceptors (Lipinski definition) is 4. The number of hydrogen-bond donors (Lipinski definition) is 2. The highest BCUT2D eigenvalue weighted by atomic mass is 16.6. The maximum absolute atomic E-state index is 11.5. The van der Waals surface area contributed by atoms with E-state index >= 15 is 0 Å². The Kier molecular flexibility index (Phi) is 2.68. The normalized spacial score (nSPS) is 15.5. The maximum Gasteiger partial charge on any atom is 0.325 e. The Bertz CT molecular complexity index is 757. The van der Waals surface area contributed by atoms with E-state index in [4.69, 9.17) is 9.47 Å². The summed E-state index contributed by atoms with van der Waals surface area (Å²) in [6.07, 6.45) is 2.86. The minimum atomic E-state index is -0.543. The molecule has 0 bridgehead atoms. The van der Waals surface area contributed by atoms with E-state index in [0.717, 1.165) is 0 Å². The molecule has 3 rings (SSSR count). The smallest absolute Gasteiger partial charge is 0.325 e. The van der Waals surface area contributed by atoms with Crippen molar-refractivity contribution < 1.29 is 9.47 Å². The first-order chi connectivity index (χ1) is 9.22. The van der Waals surface area contributed by atoms with Crippen LogP contribution in [-0.4, -0.2) is 16.6 Å². The Morgan fingerprint density at radius 1 is 1.16 bits per heavy atom. The molecule has 0 radical (unpaired) electrons. The zero-order valence-electron chi connectivity index (χ0n) is 9.80. The van der Waals surface area contributed by atoms with Gasteiger partial charge in [-0.1, -0.05) is 12.1 Å². The van der Waals surface area contributed by atoms with Gasteiger partial charge in [-0.25, -0.2) is 4.79 Å². The van der Waals surface area contributed by atoms with Gasteiger partial charge in [0, 0.05) is 6.20 Å². The third kappa shape index (κ3) is 2.28. The molecule has 0 spiro atoms. The van der Waals surface area contributed by atoms with Crippen LogP contribution in [0.3, 0.4) is 0 Å². The largest absolute Gasteiger partial charge is 0.482 e. The van der Waals surface area contributed by atoms with Gasteiger partial charge in [0.2, 0.25) is 0 Å².